The molecule has 0 N–H and O–H groups in total. The number of hydrogen-bond acceptors (Lipinski definition) is 1. The first kappa shape index (κ1) is 15.8. The molecule has 0 saturated carbocycles. The lowest BCUT2D eigenvalue weighted by atomic mass is 10.4. The summed E-state index contributed by atoms with van der Waals surface area (Å²) in [5.74, 6) is 0. The normalized spacial score (nSPS) is 11.4. The second kappa shape index (κ2) is 7.04. The maximum atomic E-state index is 4.52. The zero-order chi connectivity index (χ0) is 17.0. The maximum absolute atomic E-state index is 4.52. The molecule has 4 aromatic rings. The Bertz CT molecular complexity index is 808. The van der Waals surface area contributed by atoms with Crippen LogP contribution in [0.15, 0.2) is 109 Å². The molecule has 0 radical (unpaired) electrons. The van der Waals surface area contributed by atoms with Gasteiger partial charge in [0.2, 0.25) is 0 Å². The van der Waals surface area contributed by atoms with Crippen LogP contribution in [0.3, 0.4) is 0 Å². The van der Waals surface area contributed by atoms with E-state index in [2.05, 4.69) is 107 Å². The van der Waals surface area contributed by atoms with Gasteiger partial charge in [-0.15, -0.1) is 0 Å². The van der Waals surface area contributed by atoms with Gasteiger partial charge in [0.15, 0.2) is 6.29 Å². The summed E-state index contributed by atoms with van der Waals surface area (Å²) >= 11 is 0. The zero-order valence-corrected chi connectivity index (χ0v) is 14.8. The van der Waals surface area contributed by atoms with Crippen LogP contribution < -0.4 is 15.9 Å². The predicted octanol–water partition coefficient (Wildman–Crippen LogP) is 3.83. The molecule has 0 bridgehead atoms. The fourth-order valence-electron chi connectivity index (χ4n) is 3.34. The van der Waals surface area contributed by atoms with Crippen LogP contribution in [0.2, 0.25) is 0 Å². The fourth-order valence-corrected chi connectivity index (χ4v) is 7.37. The minimum Gasteiger partial charge on any atom is -0.236 e. The van der Waals surface area contributed by atoms with Gasteiger partial charge < -0.3 is 0 Å². The molecule has 0 amide bonds. The van der Waals surface area contributed by atoms with Crippen molar-refractivity contribution in [2.75, 3.05) is 0 Å². The van der Waals surface area contributed by atoms with Crippen molar-refractivity contribution in [2.24, 2.45) is 0 Å². The molecular weight excluding hydrogens is 323 g/mol. The lowest BCUT2D eigenvalue weighted by molar-refractivity contribution is 0.744. The predicted molar refractivity (Wildman–Crippen MR) is 107 cm³/mol. The van der Waals surface area contributed by atoms with Gasteiger partial charge in [0.05, 0.1) is 0 Å². The quantitative estimate of drug-likeness (QED) is 0.504. The second-order valence-electron chi connectivity index (χ2n) is 6.00. The Balaban J connectivity index is 2.01. The van der Waals surface area contributed by atoms with E-state index in [0.717, 1.165) is 6.29 Å². The van der Waals surface area contributed by atoms with Gasteiger partial charge in [-0.1, -0.05) is 54.6 Å². The SMILES string of the molecule is c1ccc([P+](Cn2cccn2)(c2ccccc2)c2ccccc2)cc1. The minimum atomic E-state index is -1.84. The smallest absolute Gasteiger partial charge is 0.164 e. The molecule has 3 aromatic carbocycles. The van der Waals surface area contributed by atoms with E-state index in [-0.39, 0.29) is 0 Å². The Morgan fingerprint density at radius 1 is 0.600 bits per heavy atom. The summed E-state index contributed by atoms with van der Waals surface area (Å²) < 4.78 is 2.07. The van der Waals surface area contributed by atoms with Crippen molar-refractivity contribution in [2.45, 2.75) is 6.29 Å². The Morgan fingerprint density at radius 3 is 1.40 bits per heavy atom. The van der Waals surface area contributed by atoms with E-state index in [1.165, 1.54) is 15.9 Å². The van der Waals surface area contributed by atoms with Crippen molar-refractivity contribution in [1.29, 1.82) is 0 Å². The van der Waals surface area contributed by atoms with E-state index < -0.39 is 7.26 Å². The van der Waals surface area contributed by atoms with Crippen LogP contribution >= 0.6 is 7.26 Å². The monoisotopic (exact) mass is 343 g/mol. The lowest BCUT2D eigenvalue weighted by Gasteiger charge is -2.27. The van der Waals surface area contributed by atoms with Crippen molar-refractivity contribution in [3.05, 3.63) is 109 Å². The molecule has 0 spiro atoms. The summed E-state index contributed by atoms with van der Waals surface area (Å²) in [5, 5.41) is 8.66. The van der Waals surface area contributed by atoms with Crippen molar-refractivity contribution in [3.8, 4) is 0 Å². The number of hydrogen-bond donors (Lipinski definition) is 0. The molecular formula is C22H20N2P+. The molecule has 3 heteroatoms. The molecule has 0 aliphatic heterocycles. The lowest BCUT2D eigenvalue weighted by Crippen LogP contribution is -2.34. The molecule has 0 saturated heterocycles. The van der Waals surface area contributed by atoms with E-state index >= 15 is 0 Å². The molecule has 1 heterocycles. The van der Waals surface area contributed by atoms with Gasteiger partial charge >= 0.3 is 0 Å². The molecule has 0 unspecified atom stereocenters. The summed E-state index contributed by atoms with van der Waals surface area (Å²) in [7, 11) is -1.84. The van der Waals surface area contributed by atoms with Crippen molar-refractivity contribution in [1.82, 2.24) is 9.78 Å². The van der Waals surface area contributed by atoms with Gasteiger partial charge in [-0.3, -0.25) is 0 Å². The van der Waals surface area contributed by atoms with Crippen molar-refractivity contribution >= 4 is 23.2 Å². The maximum Gasteiger partial charge on any atom is 0.164 e. The van der Waals surface area contributed by atoms with Gasteiger partial charge in [-0.2, -0.15) is 5.10 Å². The Kier molecular flexibility index (Phi) is 4.45. The van der Waals surface area contributed by atoms with Crippen LogP contribution in [0.1, 0.15) is 0 Å². The van der Waals surface area contributed by atoms with E-state index in [0.29, 0.717) is 0 Å². The third kappa shape index (κ3) is 3.01. The first-order valence-corrected chi connectivity index (χ1v) is 10.4. The fraction of sp³-hybridized carbons (Fsp3) is 0.0455. The first-order valence-electron chi connectivity index (χ1n) is 8.42. The summed E-state index contributed by atoms with van der Waals surface area (Å²) in [6, 6.07) is 34.6. The van der Waals surface area contributed by atoms with Crippen LogP contribution in [0.4, 0.5) is 0 Å². The highest BCUT2D eigenvalue weighted by Gasteiger charge is 2.45. The van der Waals surface area contributed by atoms with Crippen molar-refractivity contribution < 1.29 is 0 Å². The number of benzene rings is 3. The highest BCUT2D eigenvalue weighted by molar-refractivity contribution is 7.94. The average molecular weight is 343 g/mol. The molecule has 0 atom stereocenters. The summed E-state index contributed by atoms with van der Waals surface area (Å²) in [4.78, 5) is 0. The van der Waals surface area contributed by atoms with Crippen LogP contribution in [0.5, 0.6) is 0 Å². The minimum absolute atomic E-state index is 0.859. The third-order valence-corrected chi connectivity index (χ3v) is 8.76. The summed E-state index contributed by atoms with van der Waals surface area (Å²) in [6.07, 6.45) is 4.78. The number of rotatable bonds is 5. The average Bonchev–Trinajstić information content (AvgIpc) is 3.21. The van der Waals surface area contributed by atoms with Crippen LogP contribution in [0.25, 0.3) is 0 Å². The van der Waals surface area contributed by atoms with Crippen LogP contribution in [0, 0.1) is 0 Å². The van der Waals surface area contributed by atoms with E-state index in [4.69, 9.17) is 0 Å². The van der Waals surface area contributed by atoms with Crippen LogP contribution in [-0.4, -0.2) is 9.78 Å². The van der Waals surface area contributed by atoms with Crippen molar-refractivity contribution in [3.63, 3.8) is 0 Å². The van der Waals surface area contributed by atoms with E-state index in [1.807, 2.05) is 12.3 Å². The standard InChI is InChI=1S/C22H20N2P/c1-4-11-20(12-5-1)25(19-24-18-10-17-23-24,21-13-6-2-7-14-21)22-15-8-3-9-16-22/h1-18H,19H2/q+1. The Labute approximate surface area is 149 Å². The molecule has 2 nitrogen and oxygen atoms in total. The van der Waals surface area contributed by atoms with E-state index in [1.54, 1.807) is 0 Å². The molecule has 0 fully saturated rings. The number of aromatic nitrogens is 2. The van der Waals surface area contributed by atoms with Gasteiger partial charge in [-0.05, 0) is 42.5 Å². The third-order valence-electron chi connectivity index (χ3n) is 4.51. The molecule has 25 heavy (non-hydrogen) atoms. The zero-order valence-electron chi connectivity index (χ0n) is 13.9. The first-order chi connectivity index (χ1) is 12.4. The largest absolute Gasteiger partial charge is 0.236 e. The van der Waals surface area contributed by atoms with Gasteiger partial charge in [-0.25, -0.2) is 4.68 Å². The Hall–Kier alpha value is -2.70. The van der Waals surface area contributed by atoms with Crippen LogP contribution in [-0.2, 0) is 6.29 Å². The van der Waals surface area contributed by atoms with Gasteiger partial charge in [0.1, 0.15) is 23.2 Å². The number of nitrogens with zero attached hydrogens (tertiary/aromatic N) is 2. The van der Waals surface area contributed by atoms with Gasteiger partial charge in [0, 0.05) is 12.4 Å². The second-order valence-corrected chi connectivity index (χ2v) is 9.45. The highest BCUT2D eigenvalue weighted by atomic mass is 31.2. The molecule has 1 aromatic heterocycles. The Morgan fingerprint density at radius 2 is 1.04 bits per heavy atom. The molecule has 4 rings (SSSR count). The topological polar surface area (TPSA) is 17.8 Å². The summed E-state index contributed by atoms with van der Waals surface area (Å²) in [6.45, 7) is 0. The molecule has 122 valence electrons. The van der Waals surface area contributed by atoms with E-state index in [9.17, 15) is 0 Å². The summed E-state index contributed by atoms with van der Waals surface area (Å²) in [5.41, 5.74) is 0. The highest BCUT2D eigenvalue weighted by Crippen LogP contribution is 2.56. The van der Waals surface area contributed by atoms with Gasteiger partial charge in [0.25, 0.3) is 0 Å². The molecule has 0 aliphatic rings. The molecule has 0 aliphatic carbocycles.